The highest BCUT2D eigenvalue weighted by Gasteiger charge is 2.11. The van der Waals surface area contributed by atoms with Gasteiger partial charge in [-0.2, -0.15) is 27.7 Å². The van der Waals surface area contributed by atoms with Crippen LogP contribution in [-0.2, 0) is 0 Å². The van der Waals surface area contributed by atoms with Crippen molar-refractivity contribution in [2.24, 2.45) is 0 Å². The molecular formula is C12H7ClN2OS2. The first-order valence-corrected chi connectivity index (χ1v) is 7.35. The average Bonchev–Trinajstić information content (AvgIpc) is 3.11. The van der Waals surface area contributed by atoms with Crippen molar-refractivity contribution < 1.29 is 4.52 Å². The summed E-state index contributed by atoms with van der Waals surface area (Å²) in [6.07, 6.45) is 1.81. The molecule has 0 aromatic carbocycles. The van der Waals surface area contributed by atoms with Gasteiger partial charge in [-0.1, -0.05) is 16.8 Å². The summed E-state index contributed by atoms with van der Waals surface area (Å²) in [5.41, 5.74) is 1.97. The molecule has 18 heavy (non-hydrogen) atoms. The quantitative estimate of drug-likeness (QED) is 0.709. The Morgan fingerprint density at radius 1 is 1.22 bits per heavy atom. The van der Waals surface area contributed by atoms with E-state index >= 15 is 0 Å². The number of hydrogen-bond donors (Lipinski definition) is 0. The first kappa shape index (κ1) is 11.6. The Bertz CT molecular complexity index is 656. The monoisotopic (exact) mass is 294 g/mol. The summed E-state index contributed by atoms with van der Waals surface area (Å²) in [6.45, 7) is 0. The fourth-order valence-electron chi connectivity index (χ4n) is 1.39. The fourth-order valence-corrected chi connectivity index (χ4v) is 2.85. The van der Waals surface area contributed by atoms with Gasteiger partial charge in [0.25, 0.3) is 5.89 Å². The fraction of sp³-hybridized carbons (Fsp3) is 0. The zero-order valence-corrected chi connectivity index (χ0v) is 11.4. The lowest BCUT2D eigenvalue weighted by atomic mass is 10.3. The molecule has 0 aliphatic rings. The first-order valence-electron chi connectivity index (χ1n) is 5.09. The topological polar surface area (TPSA) is 38.9 Å². The van der Waals surface area contributed by atoms with Gasteiger partial charge in [0, 0.05) is 10.9 Å². The van der Waals surface area contributed by atoms with Crippen molar-refractivity contribution in [3.05, 3.63) is 45.1 Å². The third kappa shape index (κ3) is 2.38. The van der Waals surface area contributed by atoms with Gasteiger partial charge < -0.3 is 4.52 Å². The van der Waals surface area contributed by atoms with Gasteiger partial charge in [-0.25, -0.2) is 0 Å². The smallest absolute Gasteiger partial charge is 0.269 e. The van der Waals surface area contributed by atoms with E-state index in [9.17, 15) is 0 Å². The summed E-state index contributed by atoms with van der Waals surface area (Å²) in [7, 11) is 0. The van der Waals surface area contributed by atoms with Gasteiger partial charge in [0.05, 0.1) is 0 Å². The number of halogens is 1. The second kappa shape index (κ2) is 5.06. The van der Waals surface area contributed by atoms with Crippen molar-refractivity contribution >= 4 is 45.4 Å². The van der Waals surface area contributed by atoms with Crippen molar-refractivity contribution in [3.8, 4) is 11.4 Å². The highest BCUT2D eigenvalue weighted by Crippen LogP contribution is 2.25. The predicted octanol–water partition coefficient (Wildman–Crippen LogP) is 4.60. The van der Waals surface area contributed by atoms with Crippen LogP contribution in [0.5, 0.6) is 0 Å². The van der Waals surface area contributed by atoms with E-state index in [2.05, 4.69) is 10.1 Å². The van der Waals surface area contributed by atoms with E-state index in [1.165, 1.54) is 0 Å². The molecule has 3 heterocycles. The van der Waals surface area contributed by atoms with Crippen LogP contribution in [0, 0.1) is 0 Å². The summed E-state index contributed by atoms with van der Waals surface area (Å²) in [5, 5.41) is 12.3. The molecule has 0 unspecified atom stereocenters. The molecule has 0 N–H and O–H groups in total. The minimum atomic E-state index is 0.337. The Hall–Kier alpha value is -1.43. The van der Waals surface area contributed by atoms with Gasteiger partial charge in [-0.3, -0.25) is 0 Å². The molecule has 3 nitrogen and oxygen atoms in total. The lowest BCUT2D eigenvalue weighted by Gasteiger charge is -1.88. The first-order chi connectivity index (χ1) is 8.83. The maximum Gasteiger partial charge on any atom is 0.269 e. The van der Waals surface area contributed by atoms with Crippen LogP contribution in [0.1, 0.15) is 11.5 Å². The second-order valence-electron chi connectivity index (χ2n) is 3.48. The molecule has 0 aliphatic heterocycles. The number of thiophene rings is 2. The molecular weight excluding hydrogens is 288 g/mol. The third-order valence-corrected chi connectivity index (χ3v) is 3.90. The van der Waals surface area contributed by atoms with E-state index in [0.717, 1.165) is 11.1 Å². The van der Waals surface area contributed by atoms with Gasteiger partial charge in [-0.05, 0) is 39.9 Å². The third-order valence-electron chi connectivity index (χ3n) is 2.25. The zero-order chi connectivity index (χ0) is 12.4. The standard InChI is InChI=1S/C12H7ClN2OS2/c13-10(5-8-1-3-17-6-8)12-14-11(15-16-12)9-2-4-18-7-9/h1-7H/b10-5+. The number of nitrogens with zero attached hydrogens (tertiary/aromatic N) is 2. The number of rotatable bonds is 3. The van der Waals surface area contributed by atoms with Crippen LogP contribution in [0.25, 0.3) is 22.5 Å². The van der Waals surface area contributed by atoms with Gasteiger partial charge in [-0.15, -0.1) is 0 Å². The largest absolute Gasteiger partial charge is 0.333 e. The molecule has 90 valence electrons. The number of hydrogen-bond acceptors (Lipinski definition) is 5. The number of aromatic nitrogens is 2. The lowest BCUT2D eigenvalue weighted by molar-refractivity contribution is 0.410. The molecule has 0 spiro atoms. The molecule has 3 aromatic rings. The normalized spacial score (nSPS) is 11.9. The predicted molar refractivity (Wildman–Crippen MR) is 75.7 cm³/mol. The van der Waals surface area contributed by atoms with Crippen LogP contribution in [0.4, 0.5) is 0 Å². The van der Waals surface area contributed by atoms with Gasteiger partial charge in [0.2, 0.25) is 5.82 Å². The van der Waals surface area contributed by atoms with E-state index in [4.69, 9.17) is 16.1 Å². The molecule has 0 aliphatic carbocycles. The van der Waals surface area contributed by atoms with Crippen LogP contribution in [0.3, 0.4) is 0 Å². The van der Waals surface area contributed by atoms with E-state index < -0.39 is 0 Å². The van der Waals surface area contributed by atoms with Crippen molar-refractivity contribution in [2.45, 2.75) is 0 Å². The molecule has 0 amide bonds. The van der Waals surface area contributed by atoms with Gasteiger partial charge in [0.1, 0.15) is 5.03 Å². The summed E-state index contributed by atoms with van der Waals surface area (Å²) >= 11 is 9.34. The summed E-state index contributed by atoms with van der Waals surface area (Å²) in [4.78, 5) is 4.27. The summed E-state index contributed by atoms with van der Waals surface area (Å²) in [6, 6.07) is 3.92. The van der Waals surface area contributed by atoms with E-state index in [1.807, 2.05) is 39.7 Å². The maximum absolute atomic E-state index is 6.14. The van der Waals surface area contributed by atoms with E-state index in [0.29, 0.717) is 16.7 Å². The molecule has 0 saturated carbocycles. The average molecular weight is 295 g/mol. The van der Waals surface area contributed by atoms with Crippen LogP contribution in [0.2, 0.25) is 0 Å². The Kier molecular flexibility index (Phi) is 3.27. The van der Waals surface area contributed by atoms with Crippen LogP contribution >= 0.6 is 34.3 Å². The van der Waals surface area contributed by atoms with Gasteiger partial charge >= 0.3 is 0 Å². The van der Waals surface area contributed by atoms with E-state index in [1.54, 1.807) is 22.7 Å². The van der Waals surface area contributed by atoms with E-state index in [-0.39, 0.29) is 0 Å². The van der Waals surface area contributed by atoms with Crippen LogP contribution in [-0.4, -0.2) is 10.1 Å². The Morgan fingerprint density at radius 3 is 2.78 bits per heavy atom. The van der Waals surface area contributed by atoms with Crippen molar-refractivity contribution in [3.63, 3.8) is 0 Å². The Labute approximate surface area is 116 Å². The van der Waals surface area contributed by atoms with Crippen molar-refractivity contribution in [1.29, 1.82) is 0 Å². The highest BCUT2D eigenvalue weighted by molar-refractivity contribution is 7.08. The minimum absolute atomic E-state index is 0.337. The highest BCUT2D eigenvalue weighted by atomic mass is 35.5. The lowest BCUT2D eigenvalue weighted by Crippen LogP contribution is -1.78. The van der Waals surface area contributed by atoms with Gasteiger partial charge in [0.15, 0.2) is 0 Å². The Morgan fingerprint density at radius 2 is 2.06 bits per heavy atom. The zero-order valence-electron chi connectivity index (χ0n) is 9.04. The van der Waals surface area contributed by atoms with Crippen LogP contribution < -0.4 is 0 Å². The summed E-state index contributed by atoms with van der Waals surface area (Å²) in [5.74, 6) is 0.896. The molecule has 3 rings (SSSR count). The molecule has 0 bridgehead atoms. The molecule has 0 radical (unpaired) electrons. The minimum Gasteiger partial charge on any atom is -0.333 e. The van der Waals surface area contributed by atoms with Crippen LogP contribution in [0.15, 0.2) is 38.2 Å². The Balaban J connectivity index is 1.90. The maximum atomic E-state index is 6.14. The SMILES string of the molecule is Cl/C(=C/c1ccsc1)c1nc(-c2ccsc2)no1. The van der Waals surface area contributed by atoms with Crippen molar-refractivity contribution in [2.75, 3.05) is 0 Å². The molecule has 0 fully saturated rings. The molecule has 3 aromatic heterocycles. The molecule has 6 heteroatoms. The van der Waals surface area contributed by atoms with Crippen molar-refractivity contribution in [1.82, 2.24) is 10.1 Å². The molecule has 0 atom stereocenters. The second-order valence-corrected chi connectivity index (χ2v) is 5.45. The molecule has 0 saturated heterocycles. The summed E-state index contributed by atoms with van der Waals surface area (Å²) < 4.78 is 5.15.